The van der Waals surface area contributed by atoms with Crippen LogP contribution in [0.4, 0.5) is 18.0 Å². The minimum Gasteiger partial charge on any atom is -0.449 e. The first kappa shape index (κ1) is 16.1. The lowest BCUT2D eigenvalue weighted by Gasteiger charge is -2.20. The van der Waals surface area contributed by atoms with Crippen molar-refractivity contribution in [3.63, 3.8) is 0 Å². The molecule has 7 nitrogen and oxygen atoms in total. The summed E-state index contributed by atoms with van der Waals surface area (Å²) in [4.78, 5) is 17.9. The number of aromatic nitrogens is 1. The van der Waals surface area contributed by atoms with Crippen molar-refractivity contribution in [2.24, 2.45) is 16.6 Å². The van der Waals surface area contributed by atoms with Gasteiger partial charge in [0, 0.05) is 12.8 Å². The maximum absolute atomic E-state index is 12.8. The Balaban J connectivity index is 1.85. The molecule has 1 aliphatic heterocycles. The highest BCUT2D eigenvalue weighted by atomic mass is 19.4. The highest BCUT2D eigenvalue weighted by Crippen LogP contribution is 2.38. The van der Waals surface area contributed by atoms with Crippen LogP contribution in [0.5, 0.6) is 5.88 Å². The molecule has 0 saturated carbocycles. The number of oxazole rings is 1. The molecule has 0 saturated heterocycles. The maximum atomic E-state index is 12.8. The van der Waals surface area contributed by atoms with Crippen molar-refractivity contribution in [3.05, 3.63) is 12.2 Å². The number of halogens is 3. The number of ether oxygens (including phenoxy) is 1. The molecule has 1 aliphatic rings. The Morgan fingerprint density at radius 2 is 2.27 bits per heavy atom. The molecule has 0 radical (unpaired) electrons. The number of amidine groups is 1. The average molecular weight is 321 g/mol. The molecule has 1 aromatic heterocycles. The molecule has 0 aliphatic carbocycles. The van der Waals surface area contributed by atoms with E-state index in [4.69, 9.17) is 15.3 Å². The summed E-state index contributed by atoms with van der Waals surface area (Å²) in [5.74, 6) is -1.56. The number of alkyl halides is 3. The molecule has 122 valence electrons. The number of nitrogens with zero attached hydrogens (tertiary/aromatic N) is 2. The van der Waals surface area contributed by atoms with E-state index in [2.05, 4.69) is 14.7 Å². The zero-order valence-corrected chi connectivity index (χ0v) is 11.3. The molecular formula is C12H14F3N3O4. The average Bonchev–Trinajstić information content (AvgIpc) is 2.95. The van der Waals surface area contributed by atoms with E-state index in [-0.39, 0.29) is 36.9 Å². The predicted molar refractivity (Wildman–Crippen MR) is 67.7 cm³/mol. The normalized spacial score (nSPS) is 21.7. The lowest BCUT2D eigenvalue weighted by Crippen LogP contribution is -2.30. The molecule has 0 spiro atoms. The van der Waals surface area contributed by atoms with Crippen molar-refractivity contribution in [2.45, 2.75) is 37.9 Å². The number of nitrogens with two attached hydrogens (primary N) is 1. The molecule has 2 heterocycles. The van der Waals surface area contributed by atoms with Crippen LogP contribution in [0.2, 0.25) is 0 Å². The molecule has 0 fully saturated rings. The fraction of sp³-hybridized carbons (Fsp3) is 0.583. The first-order chi connectivity index (χ1) is 10.3. The topological polar surface area (TPSA) is 111 Å². The summed E-state index contributed by atoms with van der Waals surface area (Å²) in [7, 11) is 0. The number of carboxylic acid groups (broad SMARTS) is 1. The van der Waals surface area contributed by atoms with Crippen LogP contribution in [0.15, 0.2) is 15.7 Å². The fourth-order valence-corrected chi connectivity index (χ4v) is 2.32. The predicted octanol–water partition coefficient (Wildman–Crippen LogP) is 2.36. The SMILES string of the molecule is NC1=N[C@H](CCCc2nc(OC(=O)O)co2)[C@H](C(F)(F)F)C1. The minimum atomic E-state index is -4.33. The second-order valence-electron chi connectivity index (χ2n) is 4.88. The van der Waals surface area contributed by atoms with Gasteiger partial charge in [0.05, 0.1) is 17.8 Å². The van der Waals surface area contributed by atoms with Crippen LogP contribution in [0, 0.1) is 5.92 Å². The van der Waals surface area contributed by atoms with E-state index in [0.717, 1.165) is 6.26 Å². The number of hydrogen-bond acceptors (Lipinski definition) is 6. The molecule has 0 amide bonds. The standard InChI is InChI=1S/C12H14F3N3O4/c13-12(14,15)6-4-8(16)17-7(6)2-1-3-9-18-10(5-21-9)22-11(19)20/h5-7H,1-4H2,(H2,16,17)(H,19,20)/t6-,7-/m1/s1. The Hall–Kier alpha value is -2.26. The van der Waals surface area contributed by atoms with Crippen molar-refractivity contribution < 1.29 is 32.2 Å². The Labute approximate surface area is 123 Å². The number of hydrogen-bond donors (Lipinski definition) is 2. The number of rotatable bonds is 5. The quantitative estimate of drug-likeness (QED) is 0.805. The molecule has 10 heteroatoms. The number of carbonyl (C=O) groups is 1. The second kappa shape index (κ2) is 6.24. The summed E-state index contributed by atoms with van der Waals surface area (Å²) in [6, 6.07) is -0.898. The van der Waals surface area contributed by atoms with Gasteiger partial charge in [-0.25, -0.2) is 4.79 Å². The lowest BCUT2D eigenvalue weighted by molar-refractivity contribution is -0.176. The largest absolute Gasteiger partial charge is 0.512 e. The van der Waals surface area contributed by atoms with Crippen LogP contribution in [-0.2, 0) is 6.42 Å². The lowest BCUT2D eigenvalue weighted by atomic mass is 9.94. The summed E-state index contributed by atoms with van der Waals surface area (Å²) < 4.78 is 47.7. The van der Waals surface area contributed by atoms with Crippen LogP contribution >= 0.6 is 0 Å². The van der Waals surface area contributed by atoms with Crippen molar-refractivity contribution in [3.8, 4) is 5.88 Å². The van der Waals surface area contributed by atoms with Gasteiger partial charge in [0.25, 0.3) is 5.88 Å². The molecular weight excluding hydrogens is 307 g/mol. The van der Waals surface area contributed by atoms with Gasteiger partial charge < -0.3 is 20.0 Å². The summed E-state index contributed by atoms with van der Waals surface area (Å²) in [6.07, 6.45) is -4.33. The van der Waals surface area contributed by atoms with Crippen molar-refractivity contribution >= 4 is 12.0 Å². The van der Waals surface area contributed by atoms with Crippen molar-refractivity contribution in [1.82, 2.24) is 4.98 Å². The van der Waals surface area contributed by atoms with Crippen LogP contribution < -0.4 is 10.5 Å². The first-order valence-electron chi connectivity index (χ1n) is 6.49. The Morgan fingerprint density at radius 1 is 1.55 bits per heavy atom. The van der Waals surface area contributed by atoms with Crippen LogP contribution in [0.3, 0.4) is 0 Å². The summed E-state index contributed by atoms with van der Waals surface area (Å²) in [5.41, 5.74) is 5.39. The maximum Gasteiger partial charge on any atom is 0.512 e. The van der Waals surface area contributed by atoms with E-state index in [0.29, 0.717) is 6.42 Å². The van der Waals surface area contributed by atoms with Gasteiger partial charge in [-0.05, 0) is 12.8 Å². The summed E-state index contributed by atoms with van der Waals surface area (Å²) in [5, 5.41) is 8.39. The highest BCUT2D eigenvalue weighted by molar-refractivity contribution is 5.82. The number of aliphatic imine (C=N–C) groups is 1. The van der Waals surface area contributed by atoms with Gasteiger partial charge in [0.15, 0.2) is 12.2 Å². The van der Waals surface area contributed by atoms with E-state index >= 15 is 0 Å². The van der Waals surface area contributed by atoms with E-state index in [9.17, 15) is 18.0 Å². The van der Waals surface area contributed by atoms with E-state index < -0.39 is 24.3 Å². The van der Waals surface area contributed by atoms with Gasteiger partial charge >= 0.3 is 12.3 Å². The third-order valence-corrected chi connectivity index (χ3v) is 3.26. The fourth-order valence-electron chi connectivity index (χ4n) is 2.32. The summed E-state index contributed by atoms with van der Waals surface area (Å²) >= 11 is 0. The molecule has 1 aromatic rings. The van der Waals surface area contributed by atoms with Crippen molar-refractivity contribution in [1.29, 1.82) is 0 Å². The van der Waals surface area contributed by atoms with Crippen LogP contribution in [0.25, 0.3) is 0 Å². The van der Waals surface area contributed by atoms with Crippen molar-refractivity contribution in [2.75, 3.05) is 0 Å². The van der Waals surface area contributed by atoms with Gasteiger partial charge in [-0.1, -0.05) is 0 Å². The Bertz CT molecular complexity index is 570. The first-order valence-corrected chi connectivity index (χ1v) is 6.49. The molecule has 0 aromatic carbocycles. The van der Waals surface area contributed by atoms with Gasteiger partial charge in [-0.3, -0.25) is 4.99 Å². The third kappa shape index (κ3) is 4.12. The molecule has 0 bridgehead atoms. The Kier molecular flexibility index (Phi) is 4.57. The van der Waals surface area contributed by atoms with Gasteiger partial charge in [-0.15, -0.1) is 0 Å². The number of aryl methyl sites for hydroxylation is 1. The highest BCUT2D eigenvalue weighted by Gasteiger charge is 2.47. The van der Waals surface area contributed by atoms with E-state index in [1.807, 2.05) is 0 Å². The van der Waals surface area contributed by atoms with Gasteiger partial charge in [0.2, 0.25) is 0 Å². The zero-order chi connectivity index (χ0) is 16.3. The van der Waals surface area contributed by atoms with Gasteiger partial charge in [0.1, 0.15) is 0 Å². The molecule has 3 N–H and O–H groups in total. The molecule has 22 heavy (non-hydrogen) atoms. The smallest absolute Gasteiger partial charge is 0.449 e. The Morgan fingerprint density at radius 3 is 2.91 bits per heavy atom. The van der Waals surface area contributed by atoms with E-state index in [1.54, 1.807) is 0 Å². The molecule has 2 rings (SSSR count). The second-order valence-corrected chi connectivity index (χ2v) is 4.88. The monoisotopic (exact) mass is 321 g/mol. The molecule has 0 unspecified atom stereocenters. The van der Waals surface area contributed by atoms with Gasteiger partial charge in [-0.2, -0.15) is 18.2 Å². The zero-order valence-electron chi connectivity index (χ0n) is 11.3. The van der Waals surface area contributed by atoms with E-state index in [1.165, 1.54) is 0 Å². The molecule has 2 atom stereocenters. The minimum absolute atomic E-state index is 0.0144. The summed E-state index contributed by atoms with van der Waals surface area (Å²) in [6.45, 7) is 0. The van der Waals surface area contributed by atoms with Crippen LogP contribution in [-0.4, -0.2) is 34.3 Å². The third-order valence-electron chi connectivity index (χ3n) is 3.26. The van der Waals surface area contributed by atoms with Crippen LogP contribution in [0.1, 0.15) is 25.2 Å².